The maximum Gasteiger partial charge on any atom is 0.0122 e. The molecule has 0 unspecified atom stereocenters. The molecule has 0 spiro atoms. The molecule has 0 aliphatic carbocycles. The normalized spacial score (nSPS) is 14.8. The molecule has 1 nitrogen and oxygen atoms in total. The van der Waals surface area contributed by atoms with Crippen LogP contribution in [0.4, 0.5) is 0 Å². The topological polar surface area (TPSA) is 12.0 Å². The third-order valence-electron chi connectivity index (χ3n) is 2.24. The van der Waals surface area contributed by atoms with Gasteiger partial charge in [-0.1, -0.05) is 0 Å². The molecule has 0 aromatic rings. The average molecular weight is 191 g/mol. The van der Waals surface area contributed by atoms with Gasteiger partial charge in [0.1, 0.15) is 0 Å². The third kappa shape index (κ3) is 6.99. The van der Waals surface area contributed by atoms with Crippen molar-refractivity contribution in [1.29, 1.82) is 0 Å². The second kappa shape index (κ2) is 4.52. The largest absolute Gasteiger partial charge is 0.315 e. The summed E-state index contributed by atoms with van der Waals surface area (Å²) < 4.78 is 0. The van der Waals surface area contributed by atoms with Crippen LogP contribution in [0.3, 0.4) is 0 Å². The van der Waals surface area contributed by atoms with Crippen LogP contribution in [0.5, 0.6) is 0 Å². The van der Waals surface area contributed by atoms with Crippen molar-refractivity contribution >= 4 is 10.0 Å². The summed E-state index contributed by atoms with van der Waals surface area (Å²) in [5, 5.41) is 3.34. The zero-order chi connectivity index (χ0) is 9.83. The molecule has 0 rings (SSSR count). The fraction of sp³-hybridized carbons (Fsp3) is 1.00. The molecule has 1 N–H and O–H groups in total. The van der Waals surface area contributed by atoms with Crippen molar-refractivity contribution in [1.82, 2.24) is 5.32 Å². The van der Waals surface area contributed by atoms with Crippen molar-refractivity contribution in [3.05, 3.63) is 0 Å². The molecule has 76 valence electrons. The van der Waals surface area contributed by atoms with Crippen LogP contribution in [0, 0.1) is 0 Å². The van der Waals surface area contributed by atoms with Gasteiger partial charge in [-0.15, -0.1) is 0 Å². The first kappa shape index (κ1) is 12.3. The molecule has 2 heteroatoms. The minimum absolute atomic E-state index is 0.283. The van der Waals surface area contributed by atoms with E-state index in [2.05, 4.69) is 37.9 Å². The molecule has 0 radical (unpaired) electrons. The lowest BCUT2D eigenvalue weighted by Gasteiger charge is -2.29. The quantitative estimate of drug-likeness (QED) is 0.704. The van der Waals surface area contributed by atoms with Crippen LogP contribution >= 0.6 is 10.0 Å². The predicted octanol–water partition coefficient (Wildman–Crippen LogP) is 2.46. The zero-order valence-electron chi connectivity index (χ0n) is 9.53. The van der Waals surface area contributed by atoms with Crippen molar-refractivity contribution in [2.75, 3.05) is 31.6 Å². The van der Waals surface area contributed by atoms with Crippen LogP contribution in [-0.4, -0.2) is 37.1 Å². The number of nitrogens with one attached hydrogen (secondary N) is 1. The van der Waals surface area contributed by atoms with Gasteiger partial charge in [-0.05, 0) is 58.3 Å². The molecule has 0 fully saturated rings. The summed E-state index contributed by atoms with van der Waals surface area (Å²) in [5.74, 6) is 1.40. The van der Waals surface area contributed by atoms with Crippen molar-refractivity contribution in [3.8, 4) is 0 Å². The Morgan fingerprint density at radius 1 is 1.17 bits per heavy atom. The molecular formula is C10H25NS. The Hall–Kier alpha value is 0.310. The van der Waals surface area contributed by atoms with E-state index in [9.17, 15) is 0 Å². The van der Waals surface area contributed by atoms with E-state index in [0.29, 0.717) is 5.54 Å². The van der Waals surface area contributed by atoms with Crippen molar-refractivity contribution in [2.45, 2.75) is 32.2 Å². The Bertz CT molecular complexity index is 124. The summed E-state index contributed by atoms with van der Waals surface area (Å²) in [5.41, 5.74) is 0.324. The predicted molar refractivity (Wildman–Crippen MR) is 62.6 cm³/mol. The molecule has 0 bridgehead atoms. The maximum absolute atomic E-state index is 3.34. The Morgan fingerprint density at radius 2 is 1.67 bits per heavy atom. The third-order valence-corrected chi connectivity index (χ3v) is 3.75. The molecular weight excluding hydrogens is 166 g/mol. The van der Waals surface area contributed by atoms with Gasteiger partial charge in [0.2, 0.25) is 0 Å². The van der Waals surface area contributed by atoms with Crippen LogP contribution in [0.1, 0.15) is 26.7 Å². The van der Waals surface area contributed by atoms with Crippen LogP contribution in [0.25, 0.3) is 0 Å². The summed E-state index contributed by atoms with van der Waals surface area (Å²) in [4.78, 5) is 0. The smallest absolute Gasteiger partial charge is 0.0122 e. The molecule has 0 heterocycles. The van der Waals surface area contributed by atoms with Gasteiger partial charge in [0.25, 0.3) is 0 Å². The number of hydrogen-bond donors (Lipinski definition) is 1. The van der Waals surface area contributed by atoms with Gasteiger partial charge in [0.05, 0.1) is 0 Å². The Balaban J connectivity index is 3.57. The van der Waals surface area contributed by atoms with Crippen molar-refractivity contribution in [2.24, 2.45) is 0 Å². The highest BCUT2D eigenvalue weighted by atomic mass is 32.3. The zero-order valence-corrected chi connectivity index (χ0v) is 10.3. The van der Waals surface area contributed by atoms with Gasteiger partial charge in [0.15, 0.2) is 0 Å². The highest BCUT2D eigenvalue weighted by Gasteiger charge is 2.14. The van der Waals surface area contributed by atoms with E-state index in [1.165, 1.54) is 18.6 Å². The van der Waals surface area contributed by atoms with E-state index in [0.717, 1.165) is 0 Å². The SMILES string of the molecule is CNC(C)(C)CCCS(C)(C)C. The highest BCUT2D eigenvalue weighted by Crippen LogP contribution is 2.36. The summed E-state index contributed by atoms with van der Waals surface area (Å²) in [6.07, 6.45) is 9.80. The summed E-state index contributed by atoms with van der Waals surface area (Å²) in [6, 6.07) is 0. The van der Waals surface area contributed by atoms with Gasteiger partial charge in [-0.25, -0.2) is 10.0 Å². The first-order chi connectivity index (χ1) is 5.27. The Kier molecular flexibility index (Phi) is 4.64. The molecule has 0 saturated heterocycles. The second-order valence-corrected chi connectivity index (χ2v) is 9.62. The minimum Gasteiger partial charge on any atom is -0.315 e. The van der Waals surface area contributed by atoms with Crippen molar-refractivity contribution in [3.63, 3.8) is 0 Å². The molecule has 12 heavy (non-hydrogen) atoms. The molecule has 0 aromatic heterocycles. The Morgan fingerprint density at radius 3 is 2.00 bits per heavy atom. The van der Waals surface area contributed by atoms with Gasteiger partial charge < -0.3 is 5.32 Å². The Labute approximate surface area is 79.6 Å². The second-order valence-electron chi connectivity index (χ2n) is 5.03. The van der Waals surface area contributed by atoms with E-state index in [4.69, 9.17) is 0 Å². The first-order valence-corrected chi connectivity index (χ1v) is 7.64. The minimum atomic E-state index is -0.283. The fourth-order valence-electron chi connectivity index (χ4n) is 1.07. The van der Waals surface area contributed by atoms with Gasteiger partial charge >= 0.3 is 0 Å². The van der Waals surface area contributed by atoms with Crippen LogP contribution in [-0.2, 0) is 0 Å². The standard InChI is InChI=1S/C10H25NS/c1-10(2,11-3)8-7-9-12(4,5)6/h11H,7-9H2,1-6H3. The van der Waals surface area contributed by atoms with E-state index in [1.54, 1.807) is 0 Å². The summed E-state index contributed by atoms with van der Waals surface area (Å²) >= 11 is 0. The molecule has 0 amide bonds. The fourth-order valence-corrected chi connectivity index (χ4v) is 2.08. The summed E-state index contributed by atoms with van der Waals surface area (Å²) in [6.45, 7) is 4.54. The van der Waals surface area contributed by atoms with Gasteiger partial charge in [0, 0.05) is 5.54 Å². The van der Waals surface area contributed by atoms with E-state index in [-0.39, 0.29) is 10.0 Å². The molecule has 0 aliphatic heterocycles. The summed E-state index contributed by atoms with van der Waals surface area (Å²) in [7, 11) is 1.76. The monoisotopic (exact) mass is 191 g/mol. The lowest BCUT2D eigenvalue weighted by atomic mass is 10.00. The lowest BCUT2D eigenvalue weighted by molar-refractivity contribution is 0.390. The molecule has 0 aromatic carbocycles. The van der Waals surface area contributed by atoms with Gasteiger partial charge in [-0.3, -0.25) is 0 Å². The molecule has 0 saturated carbocycles. The molecule has 0 aliphatic rings. The van der Waals surface area contributed by atoms with E-state index < -0.39 is 0 Å². The van der Waals surface area contributed by atoms with Crippen LogP contribution < -0.4 is 5.32 Å². The van der Waals surface area contributed by atoms with Crippen LogP contribution in [0.15, 0.2) is 0 Å². The van der Waals surface area contributed by atoms with Crippen molar-refractivity contribution < 1.29 is 0 Å². The number of rotatable bonds is 5. The van der Waals surface area contributed by atoms with E-state index in [1.807, 2.05) is 7.05 Å². The van der Waals surface area contributed by atoms with E-state index >= 15 is 0 Å². The highest BCUT2D eigenvalue weighted by molar-refractivity contribution is 8.32. The lowest BCUT2D eigenvalue weighted by Crippen LogP contribution is -2.36. The number of hydrogen-bond acceptors (Lipinski definition) is 1. The average Bonchev–Trinajstić information content (AvgIpc) is 1.84. The molecule has 0 atom stereocenters. The van der Waals surface area contributed by atoms with Gasteiger partial charge in [-0.2, -0.15) is 0 Å². The first-order valence-electron chi connectivity index (χ1n) is 4.62. The van der Waals surface area contributed by atoms with Crippen LogP contribution in [0.2, 0.25) is 0 Å². The maximum atomic E-state index is 3.34.